The molecule has 4 rings (SSSR count). The van der Waals surface area contributed by atoms with Crippen molar-refractivity contribution < 1.29 is 18.7 Å². The maximum atomic E-state index is 13.0. The van der Waals surface area contributed by atoms with Crippen LogP contribution in [0.2, 0.25) is 0 Å². The number of hydrogen-bond acceptors (Lipinski definition) is 5. The monoisotopic (exact) mass is 434 g/mol. The SMILES string of the molecule is CCc1ccccc1N1C(=O)/C(=C\c2ccc(COc3ccccc3OC)o2)NC1=S. The number of hydrogen-bond donors (Lipinski definition) is 1. The first-order valence-corrected chi connectivity index (χ1v) is 10.3. The zero-order valence-corrected chi connectivity index (χ0v) is 18.1. The Labute approximate surface area is 186 Å². The molecule has 6 nitrogen and oxygen atoms in total. The first-order chi connectivity index (χ1) is 15.1. The maximum absolute atomic E-state index is 13.0. The van der Waals surface area contributed by atoms with Gasteiger partial charge in [0.05, 0.1) is 12.8 Å². The summed E-state index contributed by atoms with van der Waals surface area (Å²) in [4.78, 5) is 14.5. The van der Waals surface area contributed by atoms with Crippen LogP contribution in [0.15, 0.2) is 70.8 Å². The normalized spacial score (nSPS) is 14.8. The number of para-hydroxylation sites is 3. The van der Waals surface area contributed by atoms with Crippen LogP contribution >= 0.6 is 12.2 Å². The number of carbonyl (C=O) groups is 1. The molecule has 1 aromatic heterocycles. The van der Waals surface area contributed by atoms with Crippen LogP contribution in [0.3, 0.4) is 0 Å². The summed E-state index contributed by atoms with van der Waals surface area (Å²) in [6, 6.07) is 18.7. The third kappa shape index (κ3) is 4.32. The van der Waals surface area contributed by atoms with Crippen molar-refractivity contribution >= 4 is 35.0 Å². The van der Waals surface area contributed by atoms with E-state index in [1.807, 2.05) is 61.5 Å². The van der Waals surface area contributed by atoms with Gasteiger partial charge in [0, 0.05) is 6.08 Å². The van der Waals surface area contributed by atoms with Gasteiger partial charge in [-0.25, -0.2) is 0 Å². The number of anilines is 1. The lowest BCUT2D eigenvalue weighted by atomic mass is 10.1. The minimum atomic E-state index is -0.214. The number of ether oxygens (including phenoxy) is 2. The second-order valence-electron chi connectivity index (χ2n) is 6.85. The Balaban J connectivity index is 1.49. The van der Waals surface area contributed by atoms with Crippen LogP contribution in [-0.4, -0.2) is 18.1 Å². The molecule has 2 heterocycles. The summed E-state index contributed by atoms with van der Waals surface area (Å²) in [5.41, 5.74) is 2.21. The number of benzene rings is 2. The third-order valence-corrected chi connectivity index (χ3v) is 5.18. The van der Waals surface area contributed by atoms with E-state index >= 15 is 0 Å². The number of carbonyl (C=O) groups excluding carboxylic acids is 1. The number of aryl methyl sites for hydroxylation is 1. The molecule has 1 aliphatic rings. The first-order valence-electron chi connectivity index (χ1n) is 9.90. The molecule has 7 heteroatoms. The average Bonchev–Trinajstić information content (AvgIpc) is 3.36. The van der Waals surface area contributed by atoms with E-state index in [2.05, 4.69) is 5.32 Å². The number of methoxy groups -OCH3 is 1. The molecule has 0 aliphatic carbocycles. The molecule has 0 radical (unpaired) electrons. The molecule has 0 bridgehead atoms. The van der Waals surface area contributed by atoms with Crippen LogP contribution < -0.4 is 19.7 Å². The third-order valence-electron chi connectivity index (χ3n) is 4.90. The fraction of sp³-hybridized carbons (Fsp3) is 0.167. The van der Waals surface area contributed by atoms with Gasteiger partial charge in [-0.05, 0) is 54.5 Å². The van der Waals surface area contributed by atoms with Gasteiger partial charge < -0.3 is 19.2 Å². The topological polar surface area (TPSA) is 63.9 Å². The molecule has 1 amide bonds. The summed E-state index contributed by atoms with van der Waals surface area (Å²) < 4.78 is 16.9. The van der Waals surface area contributed by atoms with Gasteiger partial charge in [-0.2, -0.15) is 0 Å². The van der Waals surface area contributed by atoms with E-state index in [0.29, 0.717) is 33.8 Å². The minimum absolute atomic E-state index is 0.214. The van der Waals surface area contributed by atoms with Gasteiger partial charge in [0.2, 0.25) is 0 Å². The van der Waals surface area contributed by atoms with Crippen molar-refractivity contribution in [1.29, 1.82) is 0 Å². The highest BCUT2D eigenvalue weighted by Crippen LogP contribution is 2.28. The van der Waals surface area contributed by atoms with E-state index in [0.717, 1.165) is 17.7 Å². The van der Waals surface area contributed by atoms with Crippen molar-refractivity contribution in [2.75, 3.05) is 12.0 Å². The molecule has 2 aromatic carbocycles. The van der Waals surface area contributed by atoms with E-state index in [1.54, 1.807) is 19.3 Å². The standard InChI is InChI=1S/C24H22N2O4S/c1-3-16-8-4-5-9-20(16)26-23(27)19(25-24(26)31)14-17-12-13-18(30-17)15-29-22-11-7-6-10-21(22)28-2/h4-14H,3,15H2,1-2H3,(H,25,31)/b19-14+. The summed E-state index contributed by atoms with van der Waals surface area (Å²) in [5, 5.41) is 3.35. The molecule has 158 valence electrons. The van der Waals surface area contributed by atoms with E-state index in [9.17, 15) is 4.79 Å². The zero-order chi connectivity index (χ0) is 21.8. The molecule has 0 saturated carbocycles. The van der Waals surface area contributed by atoms with Gasteiger partial charge >= 0.3 is 0 Å². The Bertz CT molecular complexity index is 1150. The van der Waals surface area contributed by atoms with Gasteiger partial charge in [-0.15, -0.1) is 0 Å². The zero-order valence-electron chi connectivity index (χ0n) is 17.3. The maximum Gasteiger partial charge on any atom is 0.281 e. The molecule has 1 N–H and O–H groups in total. The van der Waals surface area contributed by atoms with E-state index in [1.165, 1.54) is 4.90 Å². The highest BCUT2D eigenvalue weighted by Gasteiger charge is 2.33. The second kappa shape index (κ2) is 9.06. The number of furan rings is 1. The number of rotatable bonds is 7. The molecule has 1 fully saturated rings. The molecule has 1 saturated heterocycles. The summed E-state index contributed by atoms with van der Waals surface area (Å²) in [5.74, 6) is 2.22. The van der Waals surface area contributed by atoms with Crippen LogP contribution in [0.25, 0.3) is 6.08 Å². The van der Waals surface area contributed by atoms with Gasteiger partial charge in [0.25, 0.3) is 5.91 Å². The van der Waals surface area contributed by atoms with Crippen molar-refractivity contribution in [2.24, 2.45) is 0 Å². The first kappa shape index (κ1) is 20.7. The molecule has 0 atom stereocenters. The lowest BCUT2D eigenvalue weighted by Crippen LogP contribution is -2.31. The van der Waals surface area contributed by atoms with E-state index < -0.39 is 0 Å². The summed E-state index contributed by atoms with van der Waals surface area (Å²) in [7, 11) is 1.59. The van der Waals surface area contributed by atoms with Crippen molar-refractivity contribution in [1.82, 2.24) is 5.32 Å². The minimum Gasteiger partial charge on any atom is -0.493 e. The van der Waals surface area contributed by atoms with Gasteiger partial charge in [-0.3, -0.25) is 9.69 Å². The van der Waals surface area contributed by atoms with Crippen LogP contribution in [0, 0.1) is 0 Å². The fourth-order valence-corrected chi connectivity index (χ4v) is 3.65. The van der Waals surface area contributed by atoms with Crippen molar-refractivity contribution in [3.63, 3.8) is 0 Å². The van der Waals surface area contributed by atoms with Crippen LogP contribution in [0.5, 0.6) is 11.5 Å². The van der Waals surface area contributed by atoms with Gasteiger partial charge in [-0.1, -0.05) is 37.3 Å². The molecular formula is C24H22N2O4S. The predicted octanol–water partition coefficient (Wildman–Crippen LogP) is 4.69. The summed E-state index contributed by atoms with van der Waals surface area (Å²) >= 11 is 5.42. The molecular weight excluding hydrogens is 412 g/mol. The molecule has 1 aliphatic heterocycles. The van der Waals surface area contributed by atoms with Crippen LogP contribution in [-0.2, 0) is 17.8 Å². The van der Waals surface area contributed by atoms with E-state index in [4.69, 9.17) is 26.1 Å². The quantitative estimate of drug-likeness (QED) is 0.430. The lowest BCUT2D eigenvalue weighted by molar-refractivity contribution is -0.113. The van der Waals surface area contributed by atoms with Gasteiger partial charge in [0.1, 0.15) is 23.8 Å². The predicted molar refractivity (Wildman–Crippen MR) is 123 cm³/mol. The Kier molecular flexibility index (Phi) is 6.04. The second-order valence-corrected chi connectivity index (χ2v) is 7.24. The Morgan fingerprint density at radius 2 is 1.81 bits per heavy atom. The number of amides is 1. The molecule has 31 heavy (non-hydrogen) atoms. The Morgan fingerprint density at radius 1 is 1.06 bits per heavy atom. The highest BCUT2D eigenvalue weighted by atomic mass is 32.1. The molecule has 0 unspecified atom stereocenters. The Hall–Kier alpha value is -3.58. The highest BCUT2D eigenvalue weighted by molar-refractivity contribution is 7.80. The largest absolute Gasteiger partial charge is 0.493 e. The fourth-order valence-electron chi connectivity index (χ4n) is 3.36. The number of nitrogens with zero attached hydrogens (tertiary/aromatic N) is 1. The number of nitrogens with one attached hydrogen (secondary N) is 1. The average molecular weight is 435 g/mol. The summed E-state index contributed by atoms with van der Waals surface area (Å²) in [6.45, 7) is 2.28. The Morgan fingerprint density at radius 3 is 2.58 bits per heavy atom. The summed E-state index contributed by atoms with van der Waals surface area (Å²) in [6.07, 6.45) is 2.45. The van der Waals surface area contributed by atoms with Crippen LogP contribution in [0.1, 0.15) is 24.0 Å². The van der Waals surface area contributed by atoms with Crippen LogP contribution in [0.4, 0.5) is 5.69 Å². The molecule has 0 spiro atoms. The smallest absolute Gasteiger partial charge is 0.281 e. The van der Waals surface area contributed by atoms with E-state index in [-0.39, 0.29) is 12.5 Å². The lowest BCUT2D eigenvalue weighted by Gasteiger charge is -2.17. The van der Waals surface area contributed by atoms with Gasteiger partial charge in [0.15, 0.2) is 16.6 Å². The van der Waals surface area contributed by atoms with Crippen molar-refractivity contribution in [2.45, 2.75) is 20.0 Å². The van der Waals surface area contributed by atoms with Crippen molar-refractivity contribution in [3.8, 4) is 11.5 Å². The van der Waals surface area contributed by atoms with Crippen molar-refractivity contribution in [3.05, 3.63) is 83.4 Å². The number of thiocarbonyl (C=S) groups is 1. The molecule has 3 aromatic rings.